The van der Waals surface area contributed by atoms with Gasteiger partial charge in [0, 0.05) is 0 Å². The van der Waals surface area contributed by atoms with Crippen LogP contribution < -0.4 is 4.90 Å². The molecule has 3 aliphatic rings. The van der Waals surface area contributed by atoms with Crippen molar-refractivity contribution in [3.8, 4) is 0 Å². The number of carboxylic acids is 1. The minimum atomic E-state index is -1.05. The lowest BCUT2D eigenvalue weighted by molar-refractivity contribution is -0.128. The number of carbonyl (C=O) groups is 3. The molecule has 0 saturated carbocycles. The number of carboxylic acid groups (broad SMARTS) is 1. The van der Waals surface area contributed by atoms with Crippen molar-refractivity contribution in [1.82, 2.24) is 0 Å². The van der Waals surface area contributed by atoms with E-state index in [0.717, 1.165) is 4.90 Å². The van der Waals surface area contributed by atoms with Crippen molar-refractivity contribution in [3.05, 3.63) is 42.0 Å². The number of rotatable bonds is 2. The summed E-state index contributed by atoms with van der Waals surface area (Å²) in [5.74, 6) is -2.71. The van der Waals surface area contributed by atoms with E-state index in [-0.39, 0.29) is 17.4 Å². The van der Waals surface area contributed by atoms with Crippen LogP contribution in [0.2, 0.25) is 0 Å². The molecule has 118 valence electrons. The Morgan fingerprint density at radius 3 is 1.96 bits per heavy atom. The molecule has 3 aliphatic heterocycles. The molecular weight excluding hydrogens is 298 g/mol. The van der Waals surface area contributed by atoms with Crippen LogP contribution in [-0.4, -0.2) is 34.1 Å². The molecule has 0 unspecified atom stereocenters. The fourth-order valence-electron chi connectivity index (χ4n) is 4.04. The van der Waals surface area contributed by atoms with Crippen molar-refractivity contribution in [1.29, 1.82) is 0 Å². The van der Waals surface area contributed by atoms with Crippen LogP contribution in [0.4, 0.5) is 5.69 Å². The molecule has 2 fully saturated rings. The maximum absolute atomic E-state index is 12.8. The van der Waals surface area contributed by atoms with E-state index in [9.17, 15) is 14.4 Å². The molecule has 0 aliphatic carbocycles. The SMILES string of the molecule is C[C@]12C=C[C@@](C)(O1)[C@H]1C(=O)N(c3ccc(C(=O)O)cc3)C(=O)[C@H]12. The first-order valence-corrected chi connectivity index (χ1v) is 7.39. The third kappa shape index (κ3) is 1.64. The maximum Gasteiger partial charge on any atom is 0.335 e. The van der Waals surface area contributed by atoms with Gasteiger partial charge in [0.15, 0.2) is 0 Å². The average Bonchev–Trinajstić information content (AvgIpc) is 3.04. The Morgan fingerprint density at radius 2 is 1.52 bits per heavy atom. The van der Waals surface area contributed by atoms with Crippen LogP contribution in [-0.2, 0) is 14.3 Å². The van der Waals surface area contributed by atoms with Gasteiger partial charge < -0.3 is 9.84 Å². The quantitative estimate of drug-likeness (QED) is 0.662. The second kappa shape index (κ2) is 4.08. The number of carbonyl (C=O) groups excluding carboxylic acids is 2. The number of amides is 2. The standard InChI is InChI=1S/C17H15NO5/c1-16-7-8-17(2,23-16)12-11(16)13(19)18(14(12)20)10-5-3-9(4-6-10)15(21)22/h3-8,11-12H,1-2H3,(H,21,22)/t11-,12+,16-,17-/m1/s1. The van der Waals surface area contributed by atoms with Gasteiger partial charge in [-0.15, -0.1) is 0 Å². The van der Waals surface area contributed by atoms with Crippen LogP contribution in [0.1, 0.15) is 24.2 Å². The van der Waals surface area contributed by atoms with Crippen molar-refractivity contribution in [2.24, 2.45) is 11.8 Å². The summed E-state index contributed by atoms with van der Waals surface area (Å²) >= 11 is 0. The predicted molar refractivity (Wildman–Crippen MR) is 79.9 cm³/mol. The summed E-state index contributed by atoms with van der Waals surface area (Å²) in [6.45, 7) is 3.64. The summed E-state index contributed by atoms with van der Waals surface area (Å²) in [4.78, 5) is 37.7. The number of benzene rings is 1. The predicted octanol–water partition coefficient (Wildman–Crippen LogP) is 1.61. The lowest BCUT2D eigenvalue weighted by Gasteiger charge is -2.25. The molecule has 1 N–H and O–H groups in total. The molecule has 6 nitrogen and oxygen atoms in total. The molecule has 3 heterocycles. The number of fused-ring (bicyclic) bond motifs is 5. The zero-order chi connectivity index (χ0) is 16.6. The second-order valence-electron chi connectivity index (χ2n) is 6.62. The molecule has 0 spiro atoms. The molecule has 2 saturated heterocycles. The van der Waals surface area contributed by atoms with Crippen molar-refractivity contribution in [3.63, 3.8) is 0 Å². The van der Waals surface area contributed by atoms with Gasteiger partial charge in [-0.2, -0.15) is 0 Å². The zero-order valence-electron chi connectivity index (χ0n) is 12.6. The Morgan fingerprint density at radius 1 is 1.04 bits per heavy atom. The Labute approximate surface area is 132 Å². The van der Waals surface area contributed by atoms with Gasteiger partial charge in [-0.1, -0.05) is 12.2 Å². The van der Waals surface area contributed by atoms with E-state index in [0.29, 0.717) is 5.69 Å². The number of imide groups is 1. The highest BCUT2D eigenvalue weighted by Crippen LogP contribution is 2.57. The third-order valence-electron chi connectivity index (χ3n) is 5.10. The molecule has 4 atom stereocenters. The first-order valence-electron chi connectivity index (χ1n) is 7.39. The highest BCUT2D eigenvalue weighted by atomic mass is 16.5. The number of hydrogen-bond donors (Lipinski definition) is 1. The number of ether oxygens (including phenoxy) is 1. The molecule has 2 bridgehead atoms. The number of anilines is 1. The molecule has 1 aromatic rings. The molecule has 1 aromatic carbocycles. The van der Waals surface area contributed by atoms with Crippen molar-refractivity contribution < 1.29 is 24.2 Å². The minimum Gasteiger partial charge on any atom is -0.478 e. The molecule has 6 heteroatoms. The number of nitrogens with zero attached hydrogens (tertiary/aromatic N) is 1. The van der Waals surface area contributed by atoms with Gasteiger partial charge in [-0.25, -0.2) is 9.69 Å². The Hall–Kier alpha value is -2.47. The highest BCUT2D eigenvalue weighted by molar-refractivity contribution is 6.23. The van der Waals surface area contributed by atoms with E-state index < -0.39 is 29.0 Å². The topological polar surface area (TPSA) is 83.9 Å². The van der Waals surface area contributed by atoms with E-state index in [4.69, 9.17) is 9.84 Å². The Kier molecular flexibility index (Phi) is 2.51. The van der Waals surface area contributed by atoms with E-state index in [1.54, 1.807) is 0 Å². The van der Waals surface area contributed by atoms with Gasteiger partial charge in [-0.3, -0.25) is 9.59 Å². The molecule has 0 aromatic heterocycles. The monoisotopic (exact) mass is 313 g/mol. The summed E-state index contributed by atoms with van der Waals surface area (Å²) in [6.07, 6.45) is 3.72. The second-order valence-corrected chi connectivity index (χ2v) is 6.62. The van der Waals surface area contributed by atoms with Gasteiger partial charge in [0.2, 0.25) is 11.8 Å². The smallest absolute Gasteiger partial charge is 0.335 e. The maximum atomic E-state index is 12.8. The Balaban J connectivity index is 1.75. The van der Waals surface area contributed by atoms with Crippen LogP contribution in [0.15, 0.2) is 36.4 Å². The lowest BCUT2D eigenvalue weighted by atomic mass is 9.73. The first kappa shape index (κ1) is 14.1. The third-order valence-corrected chi connectivity index (χ3v) is 5.10. The Bertz CT molecular complexity index is 747. The van der Waals surface area contributed by atoms with Crippen LogP contribution in [0.25, 0.3) is 0 Å². The fraction of sp³-hybridized carbons (Fsp3) is 0.353. The van der Waals surface area contributed by atoms with Crippen LogP contribution >= 0.6 is 0 Å². The van der Waals surface area contributed by atoms with Crippen LogP contribution in [0, 0.1) is 11.8 Å². The first-order chi connectivity index (χ1) is 10.8. The van der Waals surface area contributed by atoms with Crippen LogP contribution in [0.3, 0.4) is 0 Å². The molecule has 4 rings (SSSR count). The summed E-state index contributed by atoms with van der Waals surface area (Å²) in [5.41, 5.74) is -1.02. The molecule has 2 amide bonds. The minimum absolute atomic E-state index is 0.108. The largest absolute Gasteiger partial charge is 0.478 e. The number of hydrogen-bond acceptors (Lipinski definition) is 4. The zero-order valence-corrected chi connectivity index (χ0v) is 12.6. The highest BCUT2D eigenvalue weighted by Gasteiger charge is 2.70. The van der Waals surface area contributed by atoms with E-state index >= 15 is 0 Å². The van der Waals surface area contributed by atoms with Gasteiger partial charge in [-0.05, 0) is 38.1 Å². The van der Waals surface area contributed by atoms with Crippen LogP contribution in [0.5, 0.6) is 0 Å². The summed E-state index contributed by atoms with van der Waals surface area (Å²) in [7, 11) is 0. The van der Waals surface area contributed by atoms with Crippen molar-refractivity contribution in [2.75, 3.05) is 4.90 Å². The fourth-order valence-corrected chi connectivity index (χ4v) is 4.04. The lowest BCUT2D eigenvalue weighted by Crippen LogP contribution is -2.39. The van der Waals surface area contributed by atoms with E-state index in [2.05, 4.69) is 0 Å². The summed E-state index contributed by atoms with van der Waals surface area (Å²) < 4.78 is 5.93. The molecule has 23 heavy (non-hydrogen) atoms. The summed E-state index contributed by atoms with van der Waals surface area (Å²) in [6, 6.07) is 5.75. The van der Waals surface area contributed by atoms with Crippen molar-refractivity contribution >= 4 is 23.5 Å². The number of aromatic carboxylic acids is 1. The summed E-state index contributed by atoms with van der Waals surface area (Å²) in [5, 5.41) is 8.95. The average molecular weight is 313 g/mol. The normalized spacial score (nSPS) is 37.6. The van der Waals surface area contributed by atoms with E-state index in [1.807, 2.05) is 26.0 Å². The van der Waals surface area contributed by atoms with Crippen molar-refractivity contribution in [2.45, 2.75) is 25.0 Å². The van der Waals surface area contributed by atoms with Gasteiger partial charge in [0.25, 0.3) is 0 Å². The van der Waals surface area contributed by atoms with Gasteiger partial charge in [0.05, 0.1) is 34.3 Å². The molecule has 0 radical (unpaired) electrons. The molecular formula is C17H15NO5. The van der Waals surface area contributed by atoms with Gasteiger partial charge in [0.1, 0.15) is 0 Å². The van der Waals surface area contributed by atoms with E-state index in [1.165, 1.54) is 24.3 Å². The van der Waals surface area contributed by atoms with Gasteiger partial charge >= 0.3 is 5.97 Å².